The van der Waals surface area contributed by atoms with Gasteiger partial charge in [-0.15, -0.1) is 0 Å². The highest BCUT2D eigenvalue weighted by Gasteiger charge is 2.51. The summed E-state index contributed by atoms with van der Waals surface area (Å²) in [6.07, 6.45) is 4.43. The molecule has 1 N–H and O–H groups in total. The zero-order chi connectivity index (χ0) is 16.3. The van der Waals surface area contributed by atoms with Gasteiger partial charge in [0.2, 0.25) is 0 Å². The Labute approximate surface area is 139 Å². The second kappa shape index (κ2) is 7.31. The van der Waals surface area contributed by atoms with E-state index in [0.29, 0.717) is 12.6 Å². The average molecular weight is 319 g/mol. The average Bonchev–Trinajstić information content (AvgIpc) is 2.94. The molecule has 0 unspecified atom stereocenters. The summed E-state index contributed by atoms with van der Waals surface area (Å²) in [5.74, 6) is 0. The van der Waals surface area contributed by atoms with Gasteiger partial charge in [-0.25, -0.2) is 0 Å². The fraction of sp³-hybridized carbons (Fsp3) is 0.684. The van der Waals surface area contributed by atoms with E-state index in [4.69, 9.17) is 14.6 Å². The normalized spacial score (nSPS) is 31.3. The second-order valence-corrected chi connectivity index (χ2v) is 6.92. The van der Waals surface area contributed by atoms with Crippen LogP contribution in [0.4, 0.5) is 0 Å². The summed E-state index contributed by atoms with van der Waals surface area (Å²) in [5, 5.41) is 9.00. The lowest BCUT2D eigenvalue weighted by Gasteiger charge is -2.43. The number of benzene rings is 1. The number of methoxy groups -OCH3 is 1. The number of likely N-dealkylation sites (tertiary alicyclic amines) is 1. The Morgan fingerprint density at radius 1 is 1.30 bits per heavy atom. The lowest BCUT2D eigenvalue weighted by molar-refractivity contribution is -0.104. The Balaban J connectivity index is 1.73. The van der Waals surface area contributed by atoms with E-state index < -0.39 is 0 Å². The van der Waals surface area contributed by atoms with E-state index in [9.17, 15) is 0 Å². The molecule has 3 rings (SSSR count). The van der Waals surface area contributed by atoms with Gasteiger partial charge in [-0.05, 0) is 43.7 Å². The van der Waals surface area contributed by atoms with Gasteiger partial charge < -0.3 is 14.6 Å². The van der Waals surface area contributed by atoms with Crippen molar-refractivity contribution in [2.75, 3.05) is 26.9 Å². The van der Waals surface area contributed by atoms with Crippen LogP contribution in [0.1, 0.15) is 36.8 Å². The summed E-state index contributed by atoms with van der Waals surface area (Å²) in [7, 11) is 1.86. The molecule has 4 heteroatoms. The monoisotopic (exact) mass is 319 g/mol. The third-order valence-corrected chi connectivity index (χ3v) is 5.73. The van der Waals surface area contributed by atoms with E-state index in [1.165, 1.54) is 11.1 Å². The summed E-state index contributed by atoms with van der Waals surface area (Å²) >= 11 is 0. The number of hydrogen-bond acceptors (Lipinski definition) is 4. The van der Waals surface area contributed by atoms with Crippen molar-refractivity contribution in [3.05, 3.63) is 35.4 Å². The molecule has 0 radical (unpaired) electrons. The number of aliphatic hydroxyl groups is 1. The Hall–Kier alpha value is -0.940. The third kappa shape index (κ3) is 3.45. The van der Waals surface area contributed by atoms with Gasteiger partial charge in [-0.2, -0.15) is 0 Å². The number of hydrogen-bond donors (Lipinski definition) is 1. The molecule has 2 fully saturated rings. The third-order valence-electron chi connectivity index (χ3n) is 5.73. The van der Waals surface area contributed by atoms with Gasteiger partial charge in [0.1, 0.15) is 0 Å². The van der Waals surface area contributed by atoms with E-state index in [1.807, 2.05) is 7.11 Å². The summed E-state index contributed by atoms with van der Waals surface area (Å²) < 4.78 is 11.8. The molecule has 0 spiro atoms. The molecule has 1 saturated heterocycles. The molecule has 1 heterocycles. The standard InChI is InChI=1S/C19H29NO3/c1-15-5-3-4-6-16(15)14-20-10-9-19(22-2)8-7-17(13-18(19)20)23-12-11-21/h3-6,17-18,21H,7-14H2,1-2H3/t17-,18-,19+/m0/s1. The molecule has 1 aromatic carbocycles. The number of rotatable bonds is 6. The fourth-order valence-corrected chi connectivity index (χ4v) is 4.32. The van der Waals surface area contributed by atoms with Crippen molar-refractivity contribution in [2.45, 2.75) is 56.9 Å². The van der Waals surface area contributed by atoms with Gasteiger partial charge in [0, 0.05) is 26.2 Å². The lowest BCUT2D eigenvalue weighted by atomic mass is 9.79. The van der Waals surface area contributed by atoms with Gasteiger partial charge >= 0.3 is 0 Å². The van der Waals surface area contributed by atoms with Gasteiger partial charge in [0.15, 0.2) is 0 Å². The highest BCUT2D eigenvalue weighted by molar-refractivity contribution is 5.26. The molecule has 1 saturated carbocycles. The van der Waals surface area contributed by atoms with Crippen LogP contribution in [-0.2, 0) is 16.0 Å². The van der Waals surface area contributed by atoms with Crippen LogP contribution < -0.4 is 0 Å². The van der Waals surface area contributed by atoms with Crippen LogP contribution in [0.15, 0.2) is 24.3 Å². The topological polar surface area (TPSA) is 41.9 Å². The minimum Gasteiger partial charge on any atom is -0.394 e. The predicted molar refractivity (Wildman–Crippen MR) is 90.4 cm³/mol. The van der Waals surface area contributed by atoms with Crippen molar-refractivity contribution in [1.82, 2.24) is 4.90 Å². The lowest BCUT2D eigenvalue weighted by Crippen LogP contribution is -2.51. The highest BCUT2D eigenvalue weighted by Crippen LogP contribution is 2.43. The van der Waals surface area contributed by atoms with Crippen molar-refractivity contribution < 1.29 is 14.6 Å². The molecular weight excluding hydrogens is 290 g/mol. The number of nitrogens with zero attached hydrogens (tertiary/aromatic N) is 1. The van der Waals surface area contributed by atoms with Crippen molar-refractivity contribution in [3.63, 3.8) is 0 Å². The Morgan fingerprint density at radius 3 is 2.87 bits per heavy atom. The first-order valence-corrected chi connectivity index (χ1v) is 8.75. The van der Waals surface area contributed by atoms with Crippen LogP contribution in [0.3, 0.4) is 0 Å². The van der Waals surface area contributed by atoms with Crippen molar-refractivity contribution in [3.8, 4) is 0 Å². The van der Waals surface area contributed by atoms with Gasteiger partial charge in [0.25, 0.3) is 0 Å². The predicted octanol–water partition coefficient (Wildman–Crippen LogP) is 2.52. The Morgan fingerprint density at radius 2 is 2.13 bits per heavy atom. The van der Waals surface area contributed by atoms with E-state index in [0.717, 1.165) is 38.8 Å². The van der Waals surface area contributed by atoms with E-state index >= 15 is 0 Å². The van der Waals surface area contributed by atoms with E-state index in [1.54, 1.807) is 0 Å². The van der Waals surface area contributed by atoms with Crippen LogP contribution in [0, 0.1) is 6.92 Å². The highest BCUT2D eigenvalue weighted by atomic mass is 16.5. The molecule has 1 aliphatic heterocycles. The van der Waals surface area contributed by atoms with Crippen molar-refractivity contribution >= 4 is 0 Å². The number of ether oxygens (including phenoxy) is 2. The van der Waals surface area contributed by atoms with E-state index in [2.05, 4.69) is 36.1 Å². The zero-order valence-electron chi connectivity index (χ0n) is 14.3. The molecule has 4 nitrogen and oxygen atoms in total. The zero-order valence-corrected chi connectivity index (χ0v) is 14.3. The number of aryl methyl sites for hydroxylation is 1. The van der Waals surface area contributed by atoms with Crippen LogP contribution >= 0.6 is 0 Å². The second-order valence-electron chi connectivity index (χ2n) is 6.92. The molecule has 0 bridgehead atoms. The largest absolute Gasteiger partial charge is 0.394 e. The summed E-state index contributed by atoms with van der Waals surface area (Å²) in [5.41, 5.74) is 2.74. The van der Waals surface area contributed by atoms with E-state index in [-0.39, 0.29) is 18.3 Å². The van der Waals surface area contributed by atoms with Crippen molar-refractivity contribution in [2.24, 2.45) is 0 Å². The van der Waals surface area contributed by atoms with Crippen LogP contribution in [0.25, 0.3) is 0 Å². The number of aliphatic hydroxyl groups excluding tert-OH is 1. The number of fused-ring (bicyclic) bond motifs is 1. The molecule has 1 aliphatic carbocycles. The summed E-state index contributed by atoms with van der Waals surface area (Å²) in [4.78, 5) is 2.57. The summed E-state index contributed by atoms with van der Waals surface area (Å²) in [6.45, 7) is 4.79. The van der Waals surface area contributed by atoms with Gasteiger partial charge in [0.05, 0.1) is 24.9 Å². The fourth-order valence-electron chi connectivity index (χ4n) is 4.32. The minimum absolute atomic E-state index is 0.0121. The minimum atomic E-state index is -0.0121. The molecule has 3 atom stereocenters. The molecule has 0 aromatic heterocycles. The maximum Gasteiger partial charge on any atom is 0.0847 e. The molecule has 128 valence electrons. The first-order chi connectivity index (χ1) is 11.2. The quantitative estimate of drug-likeness (QED) is 0.875. The Kier molecular flexibility index (Phi) is 5.37. The smallest absolute Gasteiger partial charge is 0.0847 e. The van der Waals surface area contributed by atoms with Gasteiger partial charge in [-0.3, -0.25) is 4.90 Å². The first kappa shape index (κ1) is 16.9. The molecule has 23 heavy (non-hydrogen) atoms. The molecule has 0 amide bonds. The van der Waals surface area contributed by atoms with Crippen molar-refractivity contribution in [1.29, 1.82) is 0 Å². The SMILES string of the molecule is CO[C@@]12CC[C@H](OCCO)C[C@@H]1N(Cc1ccccc1C)CC2. The molecule has 2 aliphatic rings. The maximum atomic E-state index is 9.00. The summed E-state index contributed by atoms with van der Waals surface area (Å²) in [6, 6.07) is 9.04. The van der Waals surface area contributed by atoms with Gasteiger partial charge in [-0.1, -0.05) is 24.3 Å². The maximum absolute atomic E-state index is 9.00. The molecular formula is C19H29NO3. The Bertz CT molecular complexity index is 521. The van der Waals surface area contributed by atoms with Crippen LogP contribution in [0.5, 0.6) is 0 Å². The van der Waals surface area contributed by atoms with Crippen LogP contribution in [-0.4, -0.2) is 54.6 Å². The first-order valence-electron chi connectivity index (χ1n) is 8.75. The van der Waals surface area contributed by atoms with Crippen LogP contribution in [0.2, 0.25) is 0 Å². The molecule has 1 aromatic rings.